The normalized spacial score (nSPS) is 10.9. The lowest BCUT2D eigenvalue weighted by Crippen LogP contribution is -1.75. The van der Waals surface area contributed by atoms with E-state index in [1.54, 1.807) is 0 Å². The van der Waals surface area contributed by atoms with Gasteiger partial charge in [-0.25, -0.2) is 0 Å². The van der Waals surface area contributed by atoms with E-state index in [0.717, 1.165) is 20.0 Å². The van der Waals surface area contributed by atoms with E-state index in [2.05, 4.69) is 61.1 Å². The average molecular weight is 290 g/mol. The highest BCUT2D eigenvalue weighted by atomic mass is 79.9. The molecule has 0 saturated carbocycles. The number of nitrogens with one attached hydrogen (secondary N) is 1. The molecule has 2 nitrogen and oxygen atoms in total. The Hall–Kier alpha value is -0.350. The van der Waals surface area contributed by atoms with Gasteiger partial charge in [0.2, 0.25) is 0 Å². The lowest BCUT2D eigenvalue weighted by atomic mass is 10.2. The van der Waals surface area contributed by atoms with Gasteiger partial charge in [-0.05, 0) is 56.5 Å². The van der Waals surface area contributed by atoms with E-state index < -0.39 is 0 Å². The quantitative estimate of drug-likeness (QED) is 0.791. The van der Waals surface area contributed by atoms with Gasteiger partial charge in [-0.1, -0.05) is 0 Å². The molecule has 0 fully saturated rings. The van der Waals surface area contributed by atoms with Crippen LogP contribution in [0, 0.1) is 6.92 Å². The highest BCUT2D eigenvalue weighted by molar-refractivity contribution is 9.11. The summed E-state index contributed by atoms with van der Waals surface area (Å²) in [6.45, 7) is 2.06. The van der Waals surface area contributed by atoms with E-state index in [-0.39, 0.29) is 0 Å². The van der Waals surface area contributed by atoms with Crippen LogP contribution in [0.3, 0.4) is 0 Å². The maximum Gasteiger partial charge on any atom is 0.108 e. The molecule has 0 radical (unpaired) electrons. The van der Waals surface area contributed by atoms with Crippen molar-refractivity contribution in [2.24, 2.45) is 0 Å². The van der Waals surface area contributed by atoms with Crippen LogP contribution in [0.15, 0.2) is 21.2 Å². The molecule has 0 saturated heterocycles. The van der Waals surface area contributed by atoms with Gasteiger partial charge < -0.3 is 0 Å². The smallest absolute Gasteiger partial charge is 0.108 e. The van der Waals surface area contributed by atoms with E-state index in [1.807, 2.05) is 0 Å². The van der Waals surface area contributed by atoms with Crippen LogP contribution in [0.5, 0.6) is 0 Å². The molecule has 0 aliphatic rings. The summed E-state index contributed by atoms with van der Waals surface area (Å²) in [7, 11) is 0. The zero-order chi connectivity index (χ0) is 8.72. The van der Waals surface area contributed by atoms with Crippen LogP contribution in [-0.2, 0) is 0 Å². The van der Waals surface area contributed by atoms with Crippen molar-refractivity contribution in [3.8, 4) is 0 Å². The van der Waals surface area contributed by atoms with Crippen molar-refractivity contribution in [2.75, 3.05) is 0 Å². The number of rotatable bonds is 0. The molecular weight excluding hydrogens is 284 g/mol. The topological polar surface area (TPSA) is 28.7 Å². The fraction of sp³-hybridized carbons (Fsp3) is 0.125. The maximum atomic E-state index is 4.14. The van der Waals surface area contributed by atoms with Crippen molar-refractivity contribution in [3.63, 3.8) is 0 Å². The molecule has 0 atom stereocenters. The Balaban J connectivity index is 2.92. The average Bonchev–Trinajstić information content (AvgIpc) is 2.33. The number of benzene rings is 1. The van der Waals surface area contributed by atoms with Crippen molar-refractivity contribution >= 4 is 42.8 Å². The first-order chi connectivity index (χ1) is 5.68. The molecule has 4 heteroatoms. The fourth-order valence-corrected chi connectivity index (χ4v) is 2.23. The summed E-state index contributed by atoms with van der Waals surface area (Å²) >= 11 is 6.85. The predicted molar refractivity (Wildman–Crippen MR) is 56.2 cm³/mol. The molecule has 0 amide bonds. The monoisotopic (exact) mass is 288 g/mol. The minimum atomic E-state index is 0.932. The molecular formula is C8H6Br2N2. The minimum Gasteiger partial charge on any atom is -0.270 e. The molecule has 1 heterocycles. The largest absolute Gasteiger partial charge is 0.270 e. The summed E-state index contributed by atoms with van der Waals surface area (Å²) in [5.41, 5.74) is 2.18. The number of nitrogens with zero attached hydrogens (tertiary/aromatic N) is 1. The Bertz CT molecular complexity index is 434. The Morgan fingerprint density at radius 3 is 2.83 bits per heavy atom. The van der Waals surface area contributed by atoms with E-state index in [9.17, 15) is 0 Å². The van der Waals surface area contributed by atoms with Crippen molar-refractivity contribution < 1.29 is 0 Å². The molecule has 0 unspecified atom stereocenters. The minimum absolute atomic E-state index is 0.932. The molecule has 1 N–H and O–H groups in total. The first-order valence-electron chi connectivity index (χ1n) is 3.48. The SMILES string of the molecule is Cc1cc(Br)c2n[nH]c(Br)c2c1. The molecule has 0 bridgehead atoms. The zero-order valence-electron chi connectivity index (χ0n) is 6.36. The lowest BCUT2D eigenvalue weighted by molar-refractivity contribution is 1.09. The fourth-order valence-electron chi connectivity index (χ4n) is 1.18. The Morgan fingerprint density at radius 2 is 2.08 bits per heavy atom. The summed E-state index contributed by atoms with van der Waals surface area (Å²) < 4.78 is 1.96. The van der Waals surface area contributed by atoms with Crippen molar-refractivity contribution in [3.05, 3.63) is 26.8 Å². The first-order valence-corrected chi connectivity index (χ1v) is 5.07. The molecule has 1 aromatic carbocycles. The van der Waals surface area contributed by atoms with E-state index >= 15 is 0 Å². The predicted octanol–water partition coefficient (Wildman–Crippen LogP) is 3.40. The number of aromatic nitrogens is 2. The number of fused-ring (bicyclic) bond motifs is 1. The van der Waals surface area contributed by atoms with Crippen LogP contribution in [0.4, 0.5) is 0 Å². The van der Waals surface area contributed by atoms with Crippen LogP contribution in [-0.4, -0.2) is 10.2 Å². The van der Waals surface area contributed by atoms with Gasteiger partial charge in [-0.15, -0.1) is 0 Å². The Labute approximate surface area is 86.6 Å². The van der Waals surface area contributed by atoms with Gasteiger partial charge in [0.05, 0.1) is 0 Å². The number of hydrogen-bond acceptors (Lipinski definition) is 1. The molecule has 2 rings (SSSR count). The Kier molecular flexibility index (Phi) is 1.96. The summed E-state index contributed by atoms with van der Waals surface area (Å²) in [4.78, 5) is 0. The van der Waals surface area contributed by atoms with Gasteiger partial charge in [0, 0.05) is 9.86 Å². The van der Waals surface area contributed by atoms with Crippen molar-refractivity contribution in [1.82, 2.24) is 10.2 Å². The molecule has 0 aliphatic carbocycles. The third-order valence-electron chi connectivity index (χ3n) is 1.71. The molecule has 2 aromatic rings. The first kappa shape index (κ1) is 8.26. The van der Waals surface area contributed by atoms with E-state index in [4.69, 9.17) is 0 Å². The molecule has 62 valence electrons. The number of halogens is 2. The second-order valence-electron chi connectivity index (χ2n) is 2.68. The third kappa shape index (κ3) is 1.19. The number of aromatic amines is 1. The van der Waals surface area contributed by atoms with E-state index in [0.29, 0.717) is 0 Å². The summed E-state index contributed by atoms with van der Waals surface area (Å²) in [5.74, 6) is 0. The van der Waals surface area contributed by atoms with Crippen LogP contribution in [0.25, 0.3) is 10.9 Å². The Morgan fingerprint density at radius 1 is 1.33 bits per heavy atom. The second kappa shape index (κ2) is 2.85. The highest BCUT2D eigenvalue weighted by Crippen LogP contribution is 2.28. The summed E-state index contributed by atoms with van der Waals surface area (Å²) in [5, 5.41) is 8.13. The highest BCUT2D eigenvalue weighted by Gasteiger charge is 2.05. The van der Waals surface area contributed by atoms with Gasteiger partial charge in [-0.2, -0.15) is 5.10 Å². The van der Waals surface area contributed by atoms with Gasteiger partial charge in [-0.3, -0.25) is 5.10 Å². The van der Waals surface area contributed by atoms with Crippen LogP contribution >= 0.6 is 31.9 Å². The summed E-state index contributed by atoms with van der Waals surface area (Å²) in [6, 6.07) is 4.14. The van der Waals surface area contributed by atoms with E-state index in [1.165, 1.54) is 5.56 Å². The third-order valence-corrected chi connectivity index (χ3v) is 2.92. The molecule has 0 spiro atoms. The second-order valence-corrected chi connectivity index (χ2v) is 4.33. The maximum absolute atomic E-state index is 4.14. The van der Waals surface area contributed by atoms with Crippen LogP contribution < -0.4 is 0 Å². The van der Waals surface area contributed by atoms with Gasteiger partial charge in [0.15, 0.2) is 0 Å². The van der Waals surface area contributed by atoms with Crippen LogP contribution in [0.2, 0.25) is 0 Å². The van der Waals surface area contributed by atoms with Crippen LogP contribution in [0.1, 0.15) is 5.56 Å². The molecule has 12 heavy (non-hydrogen) atoms. The van der Waals surface area contributed by atoms with Gasteiger partial charge >= 0.3 is 0 Å². The zero-order valence-corrected chi connectivity index (χ0v) is 9.53. The van der Waals surface area contributed by atoms with Crippen molar-refractivity contribution in [1.29, 1.82) is 0 Å². The lowest BCUT2D eigenvalue weighted by Gasteiger charge is -1.95. The molecule has 0 aliphatic heterocycles. The van der Waals surface area contributed by atoms with Crippen molar-refractivity contribution in [2.45, 2.75) is 6.92 Å². The number of aryl methyl sites for hydroxylation is 1. The van der Waals surface area contributed by atoms with Gasteiger partial charge in [0.25, 0.3) is 0 Å². The summed E-state index contributed by atoms with van der Waals surface area (Å²) in [6.07, 6.45) is 0. The number of hydrogen-bond donors (Lipinski definition) is 1. The number of H-pyrrole nitrogens is 1. The molecule has 1 aromatic heterocycles. The standard InChI is InChI=1S/C8H6Br2N2/c1-4-2-5-7(6(9)3-4)11-12-8(5)10/h2-3H,1H3,(H,11,12). The van der Waals surface area contributed by atoms with Gasteiger partial charge in [0.1, 0.15) is 10.1 Å².